The zero-order valence-corrected chi connectivity index (χ0v) is 11.8. The van der Waals surface area contributed by atoms with Crippen molar-refractivity contribution in [3.05, 3.63) is 41.2 Å². The molecule has 0 unspecified atom stereocenters. The second-order valence-electron chi connectivity index (χ2n) is 4.45. The van der Waals surface area contributed by atoms with Gasteiger partial charge in [-0.1, -0.05) is 13.0 Å². The van der Waals surface area contributed by atoms with E-state index in [2.05, 4.69) is 15.3 Å². The summed E-state index contributed by atoms with van der Waals surface area (Å²) >= 11 is 0. The highest BCUT2D eigenvalue weighted by atomic mass is 19.2. The van der Waals surface area contributed by atoms with Crippen LogP contribution < -0.4 is 5.32 Å². The van der Waals surface area contributed by atoms with Crippen LogP contribution in [0.5, 0.6) is 0 Å². The van der Waals surface area contributed by atoms with Gasteiger partial charge in [0.25, 0.3) is 0 Å². The summed E-state index contributed by atoms with van der Waals surface area (Å²) in [6.07, 6.45) is 0.628. The topological polar surface area (TPSA) is 37.8 Å². The molecule has 0 saturated carbocycles. The zero-order chi connectivity index (χ0) is 14.7. The molecule has 0 aliphatic carbocycles. The molecule has 0 fully saturated rings. The van der Waals surface area contributed by atoms with Crippen LogP contribution in [0.4, 0.5) is 14.6 Å². The van der Waals surface area contributed by atoms with Gasteiger partial charge in [-0.25, -0.2) is 18.7 Å². The summed E-state index contributed by atoms with van der Waals surface area (Å²) in [7, 11) is 0. The van der Waals surface area contributed by atoms with Crippen LogP contribution in [-0.4, -0.2) is 16.5 Å². The molecule has 1 aromatic carbocycles. The van der Waals surface area contributed by atoms with Gasteiger partial charge >= 0.3 is 0 Å². The first-order valence-electron chi connectivity index (χ1n) is 6.64. The molecule has 0 bridgehead atoms. The largest absolute Gasteiger partial charge is 0.370 e. The van der Waals surface area contributed by atoms with Crippen molar-refractivity contribution in [2.75, 3.05) is 11.9 Å². The van der Waals surface area contributed by atoms with Crippen molar-refractivity contribution in [1.29, 1.82) is 0 Å². The van der Waals surface area contributed by atoms with Gasteiger partial charge in [0.2, 0.25) is 0 Å². The van der Waals surface area contributed by atoms with Crippen LogP contribution in [0.15, 0.2) is 18.2 Å². The normalized spacial score (nSPS) is 10.7. The number of anilines is 1. The molecule has 0 aliphatic heterocycles. The van der Waals surface area contributed by atoms with Crippen LogP contribution in [0.1, 0.15) is 25.2 Å². The third-order valence-corrected chi connectivity index (χ3v) is 3.06. The molecule has 0 spiro atoms. The zero-order valence-electron chi connectivity index (χ0n) is 11.8. The van der Waals surface area contributed by atoms with E-state index in [4.69, 9.17) is 0 Å². The molecule has 0 radical (unpaired) electrons. The molecule has 0 atom stereocenters. The first kappa shape index (κ1) is 14.4. The highest BCUT2D eigenvalue weighted by molar-refractivity contribution is 5.68. The van der Waals surface area contributed by atoms with E-state index in [0.717, 1.165) is 6.07 Å². The summed E-state index contributed by atoms with van der Waals surface area (Å²) in [5.74, 6) is -0.481. The van der Waals surface area contributed by atoms with Crippen molar-refractivity contribution in [3.63, 3.8) is 0 Å². The van der Waals surface area contributed by atoms with Crippen LogP contribution in [0.2, 0.25) is 0 Å². The van der Waals surface area contributed by atoms with Crippen LogP contribution in [0, 0.1) is 18.6 Å². The van der Waals surface area contributed by atoms with Gasteiger partial charge in [0.05, 0.1) is 5.69 Å². The second kappa shape index (κ2) is 5.94. The Morgan fingerprint density at radius 3 is 2.55 bits per heavy atom. The smallest absolute Gasteiger partial charge is 0.168 e. The lowest BCUT2D eigenvalue weighted by molar-refractivity contribution is 0.511. The van der Waals surface area contributed by atoms with E-state index in [1.54, 1.807) is 6.92 Å². The Labute approximate surface area is 117 Å². The Morgan fingerprint density at radius 1 is 1.15 bits per heavy atom. The van der Waals surface area contributed by atoms with Gasteiger partial charge in [-0.05, 0) is 26.0 Å². The average molecular weight is 277 g/mol. The summed E-state index contributed by atoms with van der Waals surface area (Å²) in [5, 5.41) is 3.13. The molecular weight excluding hydrogens is 260 g/mol. The predicted octanol–water partition coefficient (Wildman–Crippen LogP) is 3.72. The number of halogens is 2. The van der Waals surface area contributed by atoms with Gasteiger partial charge in [0.15, 0.2) is 11.6 Å². The predicted molar refractivity (Wildman–Crippen MR) is 75.7 cm³/mol. The summed E-state index contributed by atoms with van der Waals surface area (Å²) in [5.41, 5.74) is 1.32. The Kier molecular flexibility index (Phi) is 4.27. The highest BCUT2D eigenvalue weighted by Gasteiger charge is 2.16. The maximum Gasteiger partial charge on any atom is 0.168 e. The number of aryl methyl sites for hydroxylation is 1. The van der Waals surface area contributed by atoms with E-state index in [0.29, 0.717) is 35.9 Å². The molecule has 5 heteroatoms. The fourth-order valence-electron chi connectivity index (χ4n) is 2.01. The van der Waals surface area contributed by atoms with Crippen LogP contribution in [0.3, 0.4) is 0 Å². The quantitative estimate of drug-likeness (QED) is 0.925. The number of aromatic nitrogens is 2. The molecule has 1 N–H and O–H groups in total. The maximum atomic E-state index is 14.0. The van der Waals surface area contributed by atoms with Crippen molar-refractivity contribution in [1.82, 2.24) is 9.97 Å². The molecule has 2 rings (SSSR count). The fraction of sp³-hybridized carbons (Fsp3) is 0.333. The third-order valence-electron chi connectivity index (χ3n) is 3.06. The fourth-order valence-corrected chi connectivity index (χ4v) is 2.01. The van der Waals surface area contributed by atoms with Gasteiger partial charge < -0.3 is 5.32 Å². The number of hydrogen-bond donors (Lipinski definition) is 1. The summed E-state index contributed by atoms with van der Waals surface area (Å²) in [6, 6.07) is 4.11. The van der Waals surface area contributed by atoms with Gasteiger partial charge in [-0.3, -0.25) is 0 Å². The highest BCUT2D eigenvalue weighted by Crippen LogP contribution is 2.29. The summed E-state index contributed by atoms with van der Waals surface area (Å²) < 4.78 is 27.4. The summed E-state index contributed by atoms with van der Waals surface area (Å²) in [6.45, 7) is 6.38. The average Bonchev–Trinajstić information content (AvgIpc) is 2.45. The van der Waals surface area contributed by atoms with E-state index >= 15 is 0 Å². The molecule has 0 saturated heterocycles. The third kappa shape index (κ3) is 2.61. The van der Waals surface area contributed by atoms with E-state index in [1.807, 2.05) is 13.8 Å². The van der Waals surface area contributed by atoms with E-state index in [9.17, 15) is 8.78 Å². The minimum absolute atomic E-state index is 0.166. The Morgan fingerprint density at radius 2 is 1.90 bits per heavy atom. The monoisotopic (exact) mass is 277 g/mol. The standard InChI is InChI=1S/C15H17F2N3/c1-4-12-19-14(9(3)15(20-12)18-5-2)10-7-6-8-11(16)13(10)17/h6-8H,4-5H2,1-3H3,(H,18,19,20). The maximum absolute atomic E-state index is 14.0. The van der Waals surface area contributed by atoms with E-state index in [1.165, 1.54) is 12.1 Å². The number of nitrogens with zero attached hydrogens (tertiary/aromatic N) is 2. The molecule has 106 valence electrons. The molecule has 2 aromatic rings. The number of benzene rings is 1. The van der Waals surface area contributed by atoms with Crippen molar-refractivity contribution in [2.24, 2.45) is 0 Å². The van der Waals surface area contributed by atoms with Crippen LogP contribution >= 0.6 is 0 Å². The first-order valence-corrected chi connectivity index (χ1v) is 6.64. The van der Waals surface area contributed by atoms with Crippen molar-refractivity contribution in [2.45, 2.75) is 27.2 Å². The molecule has 1 heterocycles. The number of rotatable bonds is 4. The SMILES string of the molecule is CCNc1nc(CC)nc(-c2cccc(F)c2F)c1C. The lowest BCUT2D eigenvalue weighted by Gasteiger charge is -2.13. The minimum Gasteiger partial charge on any atom is -0.370 e. The lowest BCUT2D eigenvalue weighted by atomic mass is 10.1. The number of hydrogen-bond acceptors (Lipinski definition) is 3. The van der Waals surface area contributed by atoms with Gasteiger partial charge in [0, 0.05) is 24.1 Å². The second-order valence-corrected chi connectivity index (χ2v) is 4.45. The Bertz CT molecular complexity index is 627. The van der Waals surface area contributed by atoms with Crippen LogP contribution in [0.25, 0.3) is 11.3 Å². The van der Waals surface area contributed by atoms with Gasteiger partial charge in [-0.15, -0.1) is 0 Å². The lowest BCUT2D eigenvalue weighted by Crippen LogP contribution is -2.08. The Hall–Kier alpha value is -2.04. The Balaban J connectivity index is 2.66. The van der Waals surface area contributed by atoms with E-state index in [-0.39, 0.29) is 5.56 Å². The van der Waals surface area contributed by atoms with Crippen molar-refractivity contribution < 1.29 is 8.78 Å². The molecule has 0 aliphatic rings. The first-order chi connectivity index (χ1) is 9.58. The molecular formula is C15H17F2N3. The number of nitrogens with one attached hydrogen (secondary N) is 1. The van der Waals surface area contributed by atoms with Crippen molar-refractivity contribution in [3.8, 4) is 11.3 Å². The minimum atomic E-state index is -0.876. The van der Waals surface area contributed by atoms with Gasteiger partial charge in [0.1, 0.15) is 11.6 Å². The van der Waals surface area contributed by atoms with Crippen molar-refractivity contribution >= 4 is 5.82 Å². The molecule has 1 aromatic heterocycles. The molecule has 0 amide bonds. The van der Waals surface area contributed by atoms with Crippen LogP contribution in [-0.2, 0) is 6.42 Å². The van der Waals surface area contributed by atoms with E-state index < -0.39 is 11.6 Å². The summed E-state index contributed by atoms with van der Waals surface area (Å²) in [4.78, 5) is 8.73. The molecule has 20 heavy (non-hydrogen) atoms. The van der Waals surface area contributed by atoms with Gasteiger partial charge in [-0.2, -0.15) is 0 Å². The molecule has 3 nitrogen and oxygen atoms in total.